The molecule has 1 saturated heterocycles. The third kappa shape index (κ3) is 4.18. The van der Waals surface area contributed by atoms with Gasteiger partial charge in [0.05, 0.1) is 11.7 Å². The molecule has 228 valence electrons. The number of piperidine rings is 1. The van der Waals surface area contributed by atoms with Crippen LogP contribution in [0.5, 0.6) is 0 Å². The summed E-state index contributed by atoms with van der Waals surface area (Å²) in [6.07, 6.45) is 11.0. The first-order chi connectivity index (χ1) is 19.6. The molecule has 0 radical (unpaired) electrons. The molecule has 0 aromatic rings. The monoisotopic (exact) mass is 575 g/mol. The van der Waals surface area contributed by atoms with Crippen LogP contribution in [0.3, 0.4) is 0 Å². The van der Waals surface area contributed by atoms with Crippen molar-refractivity contribution in [1.82, 2.24) is 10.2 Å². The summed E-state index contributed by atoms with van der Waals surface area (Å²) in [5.74, 6) is 0.184. The van der Waals surface area contributed by atoms with Crippen molar-refractivity contribution in [3.8, 4) is 6.07 Å². The fourth-order valence-electron chi connectivity index (χ4n) is 10.9. The predicted molar refractivity (Wildman–Crippen MR) is 160 cm³/mol. The van der Waals surface area contributed by atoms with Gasteiger partial charge in [0.25, 0.3) is 0 Å². The van der Waals surface area contributed by atoms with Crippen LogP contribution in [0.1, 0.15) is 99.3 Å². The van der Waals surface area contributed by atoms with Crippen LogP contribution in [0.25, 0.3) is 0 Å². The highest BCUT2D eigenvalue weighted by molar-refractivity contribution is 6.04. The summed E-state index contributed by atoms with van der Waals surface area (Å²) in [5.41, 5.74) is -0.381. The molecule has 6 rings (SSSR count). The lowest BCUT2D eigenvalue weighted by Gasteiger charge is -2.65. The second kappa shape index (κ2) is 9.52. The van der Waals surface area contributed by atoms with Gasteiger partial charge in [-0.25, -0.2) is 4.79 Å². The highest BCUT2D eigenvalue weighted by Gasteiger charge is 2.66. The van der Waals surface area contributed by atoms with E-state index in [4.69, 9.17) is 0 Å². The zero-order valence-electron chi connectivity index (χ0n) is 26.4. The minimum Gasteiger partial charge on any atom is -0.393 e. The van der Waals surface area contributed by atoms with Crippen molar-refractivity contribution in [2.75, 3.05) is 13.1 Å². The molecule has 4 fully saturated rings. The summed E-state index contributed by atoms with van der Waals surface area (Å²) in [6, 6.07) is 2.13. The van der Waals surface area contributed by atoms with Gasteiger partial charge >= 0.3 is 6.03 Å². The van der Waals surface area contributed by atoms with Crippen molar-refractivity contribution < 1.29 is 19.5 Å². The Morgan fingerprint density at radius 2 is 1.67 bits per heavy atom. The number of amides is 2. The second-order valence-electron chi connectivity index (χ2n) is 16.4. The fourth-order valence-corrected chi connectivity index (χ4v) is 10.9. The van der Waals surface area contributed by atoms with E-state index in [-0.39, 0.29) is 63.8 Å². The minimum absolute atomic E-state index is 0.0388. The molecule has 7 unspecified atom stereocenters. The van der Waals surface area contributed by atoms with Crippen molar-refractivity contribution in [2.45, 2.75) is 111 Å². The Morgan fingerprint density at radius 1 is 0.976 bits per heavy atom. The van der Waals surface area contributed by atoms with Crippen LogP contribution in [0.2, 0.25) is 0 Å². The van der Waals surface area contributed by atoms with Crippen LogP contribution in [-0.2, 0) is 9.59 Å². The van der Waals surface area contributed by atoms with Crippen molar-refractivity contribution in [3.05, 3.63) is 23.3 Å². The van der Waals surface area contributed by atoms with E-state index in [1.54, 1.807) is 0 Å². The van der Waals surface area contributed by atoms with Gasteiger partial charge in [0, 0.05) is 35.4 Å². The number of nitrogens with zero attached hydrogens (tertiary/aromatic N) is 2. The maximum absolute atomic E-state index is 14.5. The van der Waals surface area contributed by atoms with Crippen molar-refractivity contribution >= 4 is 17.6 Å². The molecular weight excluding hydrogens is 526 g/mol. The Labute approximate surface area is 251 Å². The average molecular weight is 576 g/mol. The van der Waals surface area contributed by atoms with Gasteiger partial charge in [-0.05, 0) is 92.4 Å². The Balaban J connectivity index is 1.39. The third-order valence-corrected chi connectivity index (χ3v) is 13.2. The lowest BCUT2D eigenvalue weighted by molar-refractivity contribution is -0.141. The summed E-state index contributed by atoms with van der Waals surface area (Å²) >= 11 is 0. The molecule has 5 aliphatic carbocycles. The molecule has 1 heterocycles. The number of carbonyl (C=O) groups is 3. The van der Waals surface area contributed by atoms with E-state index in [0.29, 0.717) is 25.9 Å². The molecule has 6 aliphatic rings. The smallest absolute Gasteiger partial charge is 0.317 e. The quantitative estimate of drug-likeness (QED) is 0.415. The van der Waals surface area contributed by atoms with Gasteiger partial charge in [-0.2, -0.15) is 5.26 Å². The van der Waals surface area contributed by atoms with E-state index >= 15 is 0 Å². The maximum atomic E-state index is 14.5. The van der Waals surface area contributed by atoms with Crippen molar-refractivity contribution in [1.29, 1.82) is 5.26 Å². The standard InChI is InChI=1S/C35H49N3O4/c1-31(2)13-14-35(37-30(42)38-15-9-22(39)10-16-38)12-7-23-28(24(35)19-31)25(40)17-27-33(23,5)11-8-26-32(3,4)29(41)21(20-36)18-34(26,27)6/h17-18,22-24,26,28,39H,7-16,19H2,1-6H3,(H,37,42). The molecule has 7 heteroatoms. The van der Waals surface area contributed by atoms with Crippen LogP contribution < -0.4 is 5.32 Å². The van der Waals surface area contributed by atoms with Crippen LogP contribution in [0.15, 0.2) is 23.3 Å². The highest BCUT2D eigenvalue weighted by atomic mass is 16.3. The van der Waals surface area contributed by atoms with Crippen LogP contribution in [0.4, 0.5) is 4.79 Å². The van der Waals surface area contributed by atoms with E-state index in [1.165, 1.54) is 0 Å². The van der Waals surface area contributed by atoms with Gasteiger partial charge in [0.2, 0.25) is 0 Å². The Kier molecular flexibility index (Phi) is 6.71. The average Bonchev–Trinajstić information content (AvgIpc) is 2.92. The number of ketones is 2. The Hall–Kier alpha value is -2.46. The summed E-state index contributed by atoms with van der Waals surface area (Å²) in [4.78, 5) is 43.2. The molecule has 0 bridgehead atoms. The summed E-state index contributed by atoms with van der Waals surface area (Å²) in [6.45, 7) is 14.2. The number of nitriles is 1. The second-order valence-corrected chi connectivity index (χ2v) is 16.4. The zero-order valence-corrected chi connectivity index (χ0v) is 26.4. The van der Waals surface area contributed by atoms with Gasteiger partial charge in [0.1, 0.15) is 6.07 Å². The number of nitrogens with one attached hydrogen (secondary N) is 1. The van der Waals surface area contributed by atoms with Crippen molar-refractivity contribution in [2.24, 2.45) is 45.3 Å². The summed E-state index contributed by atoms with van der Waals surface area (Å²) < 4.78 is 0. The first-order valence-electron chi connectivity index (χ1n) is 16.3. The lowest BCUT2D eigenvalue weighted by Crippen LogP contribution is -2.67. The van der Waals surface area contributed by atoms with Crippen LogP contribution in [0, 0.1) is 56.7 Å². The van der Waals surface area contributed by atoms with Crippen molar-refractivity contribution in [3.63, 3.8) is 0 Å². The van der Waals surface area contributed by atoms with Crippen LogP contribution in [-0.4, -0.2) is 52.3 Å². The molecule has 2 amide bonds. The summed E-state index contributed by atoms with van der Waals surface area (Å²) in [5, 5.41) is 23.4. The number of allylic oxidation sites excluding steroid dienone is 4. The third-order valence-electron chi connectivity index (χ3n) is 13.2. The number of likely N-dealkylation sites (tertiary alicyclic amines) is 1. The van der Waals surface area contributed by atoms with Gasteiger partial charge in [-0.3, -0.25) is 9.59 Å². The van der Waals surface area contributed by atoms with Gasteiger partial charge < -0.3 is 15.3 Å². The first kappa shape index (κ1) is 29.6. The molecule has 0 aromatic heterocycles. The summed E-state index contributed by atoms with van der Waals surface area (Å²) in [7, 11) is 0. The number of carbonyl (C=O) groups excluding carboxylic acids is 3. The SMILES string of the molecule is CC1(C)CCC2(NC(=O)N3CCC(O)CC3)CCC3C(C(=O)C=C4C5(C)C=C(C#N)C(=O)C(C)(C)C5CCC43C)C2C1. The maximum Gasteiger partial charge on any atom is 0.317 e. The van der Waals surface area contributed by atoms with E-state index in [0.717, 1.165) is 50.5 Å². The van der Waals surface area contributed by atoms with E-state index in [9.17, 15) is 24.8 Å². The highest BCUT2D eigenvalue weighted by Crippen LogP contribution is 2.69. The van der Waals surface area contributed by atoms with Gasteiger partial charge in [-0.15, -0.1) is 0 Å². The number of rotatable bonds is 1. The normalized spacial score (nSPS) is 42.6. The molecular formula is C35H49N3O4. The predicted octanol–water partition coefficient (Wildman–Crippen LogP) is 5.73. The van der Waals surface area contributed by atoms with E-state index in [2.05, 4.69) is 39.1 Å². The number of fused-ring (bicyclic) bond motifs is 7. The first-order valence-corrected chi connectivity index (χ1v) is 16.3. The molecule has 42 heavy (non-hydrogen) atoms. The minimum atomic E-state index is -0.666. The number of Topliss-reactive ketones (excluding diaryl/α,β-unsaturated/α-hetero) is 1. The van der Waals surface area contributed by atoms with Gasteiger partial charge in [-0.1, -0.05) is 53.2 Å². The van der Waals surface area contributed by atoms with Gasteiger partial charge in [0.15, 0.2) is 11.6 Å². The van der Waals surface area contributed by atoms with E-state index < -0.39 is 16.4 Å². The number of aliphatic hydroxyl groups excluding tert-OH is 1. The molecule has 0 aromatic carbocycles. The largest absolute Gasteiger partial charge is 0.393 e. The molecule has 7 atom stereocenters. The molecule has 2 N–H and O–H groups in total. The molecule has 0 spiro atoms. The molecule has 1 aliphatic heterocycles. The van der Waals surface area contributed by atoms with E-state index in [1.807, 2.05) is 30.9 Å². The fraction of sp³-hybridized carbons (Fsp3) is 0.771. The molecule has 3 saturated carbocycles. The zero-order chi connectivity index (χ0) is 30.5. The topological polar surface area (TPSA) is 110 Å². The van der Waals surface area contributed by atoms with Crippen LogP contribution >= 0.6 is 0 Å². The molecule has 7 nitrogen and oxygen atoms in total. The Morgan fingerprint density at radius 3 is 2.33 bits per heavy atom. The number of urea groups is 1. The lowest BCUT2D eigenvalue weighted by atomic mass is 9.39. The number of aliphatic hydroxyl groups is 1. The number of hydrogen-bond acceptors (Lipinski definition) is 5. The Bertz CT molecular complexity index is 1310. The number of hydrogen-bond donors (Lipinski definition) is 2.